The fraction of sp³-hybridized carbons (Fsp3) is 0.360. The monoisotopic (exact) mass is 390 g/mol. The van der Waals surface area contributed by atoms with Crippen molar-refractivity contribution >= 4 is 17.5 Å². The maximum Gasteiger partial charge on any atom is 0.230 e. The van der Waals surface area contributed by atoms with Crippen LogP contribution in [0.5, 0.6) is 0 Å². The minimum Gasteiger partial charge on any atom is -0.352 e. The zero-order valence-electron chi connectivity index (χ0n) is 17.2. The standard InChI is InChI=1S/C25H30N2O2/c1-3-16-26-24(28)17-20-12-14-23(15-13-20)27(25(29)21-9-6-7-10-21)18-22-11-5-4-8-19(22)2/h3-5,8,11-15,21H,1,6-7,9-10,16-18H2,2H3,(H,26,28). The van der Waals surface area contributed by atoms with E-state index in [0.717, 1.165) is 42.5 Å². The molecule has 1 fully saturated rings. The summed E-state index contributed by atoms with van der Waals surface area (Å²) in [5.41, 5.74) is 4.17. The molecule has 0 spiro atoms. The number of anilines is 1. The minimum atomic E-state index is -0.0311. The predicted octanol–water partition coefficient (Wildman–Crippen LogP) is 4.56. The molecular formula is C25H30N2O2. The third-order valence-corrected chi connectivity index (χ3v) is 5.62. The van der Waals surface area contributed by atoms with Crippen molar-refractivity contribution in [3.05, 3.63) is 77.9 Å². The molecule has 29 heavy (non-hydrogen) atoms. The SMILES string of the molecule is C=CCNC(=O)Cc1ccc(N(Cc2ccccc2C)C(=O)C2CCCC2)cc1. The van der Waals surface area contributed by atoms with Crippen molar-refractivity contribution in [1.29, 1.82) is 0 Å². The molecule has 1 saturated carbocycles. The molecule has 2 aromatic carbocycles. The Morgan fingerprint density at radius 3 is 2.45 bits per heavy atom. The molecule has 1 N–H and O–H groups in total. The van der Waals surface area contributed by atoms with Gasteiger partial charge in [-0.05, 0) is 48.6 Å². The van der Waals surface area contributed by atoms with E-state index in [1.165, 1.54) is 5.56 Å². The van der Waals surface area contributed by atoms with Gasteiger partial charge < -0.3 is 10.2 Å². The molecule has 0 aliphatic heterocycles. The van der Waals surface area contributed by atoms with Gasteiger partial charge in [0, 0.05) is 18.2 Å². The van der Waals surface area contributed by atoms with E-state index in [2.05, 4.69) is 31.0 Å². The van der Waals surface area contributed by atoms with Crippen LogP contribution in [0, 0.1) is 12.8 Å². The van der Waals surface area contributed by atoms with Gasteiger partial charge in [0.2, 0.25) is 11.8 Å². The van der Waals surface area contributed by atoms with Crippen LogP contribution in [-0.4, -0.2) is 18.4 Å². The van der Waals surface area contributed by atoms with E-state index in [9.17, 15) is 9.59 Å². The Morgan fingerprint density at radius 2 is 1.79 bits per heavy atom. The number of hydrogen-bond donors (Lipinski definition) is 1. The van der Waals surface area contributed by atoms with Crippen LogP contribution < -0.4 is 10.2 Å². The Bertz CT molecular complexity index is 851. The molecule has 0 heterocycles. The summed E-state index contributed by atoms with van der Waals surface area (Å²) in [6, 6.07) is 16.0. The molecule has 2 amide bonds. The number of aryl methyl sites for hydroxylation is 1. The summed E-state index contributed by atoms with van der Waals surface area (Å²) in [6.45, 7) is 6.73. The van der Waals surface area contributed by atoms with E-state index < -0.39 is 0 Å². The summed E-state index contributed by atoms with van der Waals surface area (Å²) >= 11 is 0. The largest absolute Gasteiger partial charge is 0.352 e. The smallest absolute Gasteiger partial charge is 0.230 e. The number of nitrogens with zero attached hydrogens (tertiary/aromatic N) is 1. The average molecular weight is 391 g/mol. The first kappa shape index (κ1) is 20.8. The quantitative estimate of drug-likeness (QED) is 0.672. The molecule has 2 aromatic rings. The molecule has 0 aromatic heterocycles. The molecule has 1 aliphatic rings. The molecule has 4 heteroatoms. The van der Waals surface area contributed by atoms with Gasteiger partial charge in [-0.25, -0.2) is 0 Å². The number of amides is 2. The van der Waals surface area contributed by atoms with Gasteiger partial charge in [0.25, 0.3) is 0 Å². The highest BCUT2D eigenvalue weighted by Crippen LogP contribution is 2.30. The van der Waals surface area contributed by atoms with Crippen molar-refractivity contribution in [2.45, 2.75) is 45.6 Å². The topological polar surface area (TPSA) is 49.4 Å². The summed E-state index contributed by atoms with van der Waals surface area (Å²) in [5, 5.41) is 2.79. The van der Waals surface area contributed by atoms with Crippen molar-refractivity contribution in [3.63, 3.8) is 0 Å². The normalized spacial score (nSPS) is 13.8. The lowest BCUT2D eigenvalue weighted by Gasteiger charge is -2.27. The van der Waals surface area contributed by atoms with Gasteiger partial charge in [-0.3, -0.25) is 9.59 Å². The molecule has 4 nitrogen and oxygen atoms in total. The van der Waals surface area contributed by atoms with Gasteiger partial charge in [0.15, 0.2) is 0 Å². The lowest BCUT2D eigenvalue weighted by Crippen LogP contribution is -2.35. The second-order valence-corrected chi connectivity index (χ2v) is 7.77. The first-order chi connectivity index (χ1) is 14.1. The van der Waals surface area contributed by atoms with E-state index in [-0.39, 0.29) is 17.7 Å². The van der Waals surface area contributed by atoms with E-state index in [4.69, 9.17) is 0 Å². The first-order valence-electron chi connectivity index (χ1n) is 10.4. The minimum absolute atomic E-state index is 0.0311. The summed E-state index contributed by atoms with van der Waals surface area (Å²) in [7, 11) is 0. The van der Waals surface area contributed by atoms with Crippen LogP contribution in [0.3, 0.4) is 0 Å². The second-order valence-electron chi connectivity index (χ2n) is 7.77. The van der Waals surface area contributed by atoms with Crippen LogP contribution in [0.4, 0.5) is 5.69 Å². The average Bonchev–Trinajstić information content (AvgIpc) is 3.27. The van der Waals surface area contributed by atoms with Crippen LogP contribution >= 0.6 is 0 Å². The highest BCUT2D eigenvalue weighted by molar-refractivity contribution is 5.95. The summed E-state index contributed by atoms with van der Waals surface area (Å²) < 4.78 is 0. The Hall–Kier alpha value is -2.88. The van der Waals surface area contributed by atoms with E-state index in [0.29, 0.717) is 19.5 Å². The Kier molecular flexibility index (Phi) is 7.23. The molecule has 0 saturated heterocycles. The van der Waals surface area contributed by atoms with Gasteiger partial charge in [-0.1, -0.05) is 55.3 Å². The molecule has 152 valence electrons. The van der Waals surface area contributed by atoms with Crippen LogP contribution in [0.15, 0.2) is 61.2 Å². The van der Waals surface area contributed by atoms with Gasteiger partial charge in [-0.15, -0.1) is 6.58 Å². The van der Waals surface area contributed by atoms with Crippen molar-refractivity contribution in [1.82, 2.24) is 5.32 Å². The van der Waals surface area contributed by atoms with Crippen LogP contribution in [0.25, 0.3) is 0 Å². The molecule has 0 unspecified atom stereocenters. The van der Waals surface area contributed by atoms with Crippen molar-refractivity contribution < 1.29 is 9.59 Å². The Labute approximate surface area is 173 Å². The number of nitrogens with one attached hydrogen (secondary N) is 1. The Morgan fingerprint density at radius 1 is 1.10 bits per heavy atom. The summed E-state index contributed by atoms with van der Waals surface area (Å²) in [5.74, 6) is 0.294. The lowest BCUT2D eigenvalue weighted by atomic mass is 10.0. The maximum absolute atomic E-state index is 13.3. The first-order valence-corrected chi connectivity index (χ1v) is 10.4. The number of carbonyl (C=O) groups is 2. The van der Waals surface area contributed by atoms with Gasteiger partial charge in [0.05, 0.1) is 13.0 Å². The molecule has 1 aliphatic carbocycles. The molecule has 0 atom stereocenters. The summed E-state index contributed by atoms with van der Waals surface area (Å²) in [6.07, 6.45) is 6.21. The molecule has 0 bridgehead atoms. The zero-order valence-corrected chi connectivity index (χ0v) is 17.2. The van der Waals surface area contributed by atoms with E-state index >= 15 is 0 Å². The van der Waals surface area contributed by atoms with Crippen molar-refractivity contribution in [2.75, 3.05) is 11.4 Å². The Balaban J connectivity index is 1.79. The highest BCUT2D eigenvalue weighted by atomic mass is 16.2. The maximum atomic E-state index is 13.3. The third kappa shape index (κ3) is 5.57. The lowest BCUT2D eigenvalue weighted by molar-refractivity contribution is -0.122. The third-order valence-electron chi connectivity index (χ3n) is 5.62. The molecule has 3 rings (SSSR count). The summed E-state index contributed by atoms with van der Waals surface area (Å²) in [4.78, 5) is 27.1. The van der Waals surface area contributed by atoms with Gasteiger partial charge in [0.1, 0.15) is 0 Å². The van der Waals surface area contributed by atoms with Gasteiger partial charge >= 0.3 is 0 Å². The highest BCUT2D eigenvalue weighted by Gasteiger charge is 2.28. The number of rotatable bonds is 8. The van der Waals surface area contributed by atoms with E-state index in [1.807, 2.05) is 41.3 Å². The van der Waals surface area contributed by atoms with Crippen LogP contribution in [-0.2, 0) is 22.6 Å². The number of hydrogen-bond acceptors (Lipinski definition) is 2. The zero-order chi connectivity index (χ0) is 20.6. The van der Waals surface area contributed by atoms with Crippen molar-refractivity contribution in [2.24, 2.45) is 5.92 Å². The van der Waals surface area contributed by atoms with Crippen LogP contribution in [0.1, 0.15) is 42.4 Å². The molecular weight excluding hydrogens is 360 g/mol. The fourth-order valence-corrected chi connectivity index (χ4v) is 3.88. The number of benzene rings is 2. The van der Waals surface area contributed by atoms with E-state index in [1.54, 1.807) is 6.08 Å². The van der Waals surface area contributed by atoms with Crippen molar-refractivity contribution in [3.8, 4) is 0 Å². The molecule has 0 radical (unpaired) electrons. The second kappa shape index (κ2) is 10.1. The van der Waals surface area contributed by atoms with Crippen LogP contribution in [0.2, 0.25) is 0 Å². The fourth-order valence-electron chi connectivity index (χ4n) is 3.88. The van der Waals surface area contributed by atoms with Gasteiger partial charge in [-0.2, -0.15) is 0 Å². The predicted molar refractivity (Wildman–Crippen MR) is 118 cm³/mol. The number of carbonyl (C=O) groups excluding carboxylic acids is 2.